The number of rotatable bonds is 8. The van der Waals surface area contributed by atoms with Crippen LogP contribution in [0.2, 0.25) is 5.28 Å². The number of ether oxygens (including phenoxy) is 1. The molecule has 0 amide bonds. The number of nitro groups is 1. The Bertz CT molecular complexity index is 477. The predicted octanol–water partition coefficient (Wildman–Crippen LogP) is 1.40. The van der Waals surface area contributed by atoms with E-state index >= 15 is 0 Å². The SMILES string of the molecule is CC(=O)OCCCC(CO)Cn1cc([N+](=O)[O-])nc1Cl. The fourth-order valence-corrected chi connectivity index (χ4v) is 1.91. The normalized spacial score (nSPS) is 12.2. The van der Waals surface area contributed by atoms with Gasteiger partial charge in [-0.25, -0.2) is 0 Å². The van der Waals surface area contributed by atoms with Gasteiger partial charge in [0.05, 0.1) is 6.61 Å². The van der Waals surface area contributed by atoms with Crippen LogP contribution in [0.25, 0.3) is 0 Å². The van der Waals surface area contributed by atoms with Crippen LogP contribution in [-0.4, -0.2) is 38.8 Å². The number of carbonyl (C=O) groups excluding carboxylic acids is 1. The zero-order valence-corrected chi connectivity index (χ0v) is 11.7. The molecule has 0 radical (unpaired) electrons. The summed E-state index contributed by atoms with van der Waals surface area (Å²) in [6, 6.07) is 0. The van der Waals surface area contributed by atoms with E-state index in [4.69, 9.17) is 16.3 Å². The molecule has 1 aromatic rings. The minimum Gasteiger partial charge on any atom is -0.466 e. The van der Waals surface area contributed by atoms with Gasteiger partial charge in [-0.05, 0) is 34.3 Å². The number of imidazole rings is 1. The first kappa shape index (κ1) is 16.4. The lowest BCUT2D eigenvalue weighted by atomic mass is 10.0. The number of aliphatic hydroxyl groups excluding tert-OH is 1. The Hall–Kier alpha value is -1.67. The maximum Gasteiger partial charge on any atom is 0.383 e. The van der Waals surface area contributed by atoms with Crippen molar-refractivity contribution in [3.05, 3.63) is 21.6 Å². The van der Waals surface area contributed by atoms with Crippen LogP contribution in [0, 0.1) is 16.0 Å². The van der Waals surface area contributed by atoms with Crippen molar-refractivity contribution in [3.8, 4) is 0 Å². The number of halogens is 1. The van der Waals surface area contributed by atoms with Crippen LogP contribution in [0.3, 0.4) is 0 Å². The molecule has 0 aromatic carbocycles. The van der Waals surface area contributed by atoms with Crippen molar-refractivity contribution < 1.29 is 19.6 Å². The number of hydrogen-bond acceptors (Lipinski definition) is 6. The van der Waals surface area contributed by atoms with Gasteiger partial charge < -0.3 is 20.0 Å². The van der Waals surface area contributed by atoms with Gasteiger partial charge >= 0.3 is 17.1 Å². The summed E-state index contributed by atoms with van der Waals surface area (Å²) >= 11 is 5.79. The molecule has 9 heteroatoms. The van der Waals surface area contributed by atoms with Gasteiger partial charge in [0.1, 0.15) is 6.20 Å². The number of aromatic nitrogens is 2. The van der Waals surface area contributed by atoms with Crippen LogP contribution >= 0.6 is 11.6 Å². The lowest BCUT2D eigenvalue weighted by molar-refractivity contribution is -0.389. The minimum absolute atomic E-state index is 0.00939. The van der Waals surface area contributed by atoms with E-state index in [1.807, 2.05) is 0 Å². The summed E-state index contributed by atoms with van der Waals surface area (Å²) in [4.78, 5) is 24.1. The molecule has 0 saturated heterocycles. The van der Waals surface area contributed by atoms with Crippen molar-refractivity contribution in [1.29, 1.82) is 0 Å². The van der Waals surface area contributed by atoms with E-state index in [2.05, 4.69) is 4.98 Å². The summed E-state index contributed by atoms with van der Waals surface area (Å²) < 4.78 is 6.21. The Morgan fingerprint density at radius 2 is 2.40 bits per heavy atom. The molecule has 8 nitrogen and oxygen atoms in total. The highest BCUT2D eigenvalue weighted by molar-refractivity contribution is 6.28. The molecule has 1 aromatic heterocycles. The summed E-state index contributed by atoms with van der Waals surface area (Å²) in [6.45, 7) is 1.83. The second-order valence-electron chi connectivity index (χ2n) is 4.31. The highest BCUT2D eigenvalue weighted by atomic mass is 35.5. The smallest absolute Gasteiger partial charge is 0.383 e. The summed E-state index contributed by atoms with van der Waals surface area (Å²) in [5.41, 5.74) is 0. The second kappa shape index (κ2) is 7.81. The van der Waals surface area contributed by atoms with Gasteiger partial charge in [0, 0.05) is 26.0 Å². The topological polar surface area (TPSA) is 107 Å². The molecule has 0 aliphatic rings. The zero-order chi connectivity index (χ0) is 15.1. The van der Waals surface area contributed by atoms with E-state index in [0.29, 0.717) is 19.4 Å². The van der Waals surface area contributed by atoms with Crippen molar-refractivity contribution in [2.24, 2.45) is 5.92 Å². The third kappa shape index (κ3) is 5.14. The summed E-state index contributed by atoms with van der Waals surface area (Å²) in [6.07, 6.45) is 2.43. The quantitative estimate of drug-likeness (QED) is 0.336. The first-order valence-corrected chi connectivity index (χ1v) is 6.43. The molecule has 1 N–H and O–H groups in total. The molecule has 1 atom stereocenters. The van der Waals surface area contributed by atoms with Gasteiger partial charge in [0.15, 0.2) is 0 Å². The molecule has 1 heterocycles. The number of nitrogens with zero attached hydrogens (tertiary/aromatic N) is 3. The van der Waals surface area contributed by atoms with Crippen molar-refractivity contribution in [1.82, 2.24) is 9.55 Å². The lowest BCUT2D eigenvalue weighted by Gasteiger charge is -2.14. The first-order chi connectivity index (χ1) is 9.43. The van der Waals surface area contributed by atoms with Gasteiger partial charge in [-0.2, -0.15) is 0 Å². The van der Waals surface area contributed by atoms with Crippen LogP contribution in [-0.2, 0) is 16.1 Å². The Balaban J connectivity index is 2.51. The van der Waals surface area contributed by atoms with E-state index in [1.54, 1.807) is 0 Å². The molecular formula is C11H16ClN3O5. The van der Waals surface area contributed by atoms with Gasteiger partial charge in [-0.1, -0.05) is 0 Å². The average Bonchev–Trinajstić information content (AvgIpc) is 2.74. The third-order valence-electron chi connectivity index (χ3n) is 2.68. The summed E-state index contributed by atoms with van der Waals surface area (Å²) in [5.74, 6) is -0.817. The first-order valence-electron chi connectivity index (χ1n) is 6.05. The second-order valence-corrected chi connectivity index (χ2v) is 4.65. The van der Waals surface area contributed by atoms with Crippen molar-refractivity contribution in [2.45, 2.75) is 26.3 Å². The van der Waals surface area contributed by atoms with Crippen LogP contribution in [0.15, 0.2) is 6.20 Å². The highest BCUT2D eigenvalue weighted by Gasteiger charge is 2.19. The molecule has 1 unspecified atom stereocenters. The molecular weight excluding hydrogens is 290 g/mol. The van der Waals surface area contributed by atoms with Crippen molar-refractivity contribution >= 4 is 23.4 Å². The number of aliphatic hydroxyl groups is 1. The lowest BCUT2D eigenvalue weighted by Crippen LogP contribution is -2.15. The van der Waals surface area contributed by atoms with Gasteiger partial charge in [0.25, 0.3) is 0 Å². The monoisotopic (exact) mass is 305 g/mol. The van der Waals surface area contributed by atoms with E-state index < -0.39 is 4.92 Å². The zero-order valence-electron chi connectivity index (χ0n) is 11.0. The van der Waals surface area contributed by atoms with Gasteiger partial charge in [-0.15, -0.1) is 0 Å². The van der Waals surface area contributed by atoms with Crippen molar-refractivity contribution in [2.75, 3.05) is 13.2 Å². The van der Waals surface area contributed by atoms with E-state index in [0.717, 1.165) is 0 Å². The fraction of sp³-hybridized carbons (Fsp3) is 0.636. The Morgan fingerprint density at radius 3 is 2.90 bits per heavy atom. The Labute approximate surface area is 120 Å². The van der Waals surface area contributed by atoms with Crippen LogP contribution in [0.1, 0.15) is 19.8 Å². The Morgan fingerprint density at radius 1 is 1.70 bits per heavy atom. The minimum atomic E-state index is -0.628. The standard InChI is InChI=1S/C11H16ClN3O5/c1-8(17)20-4-2-3-9(7-16)5-14-6-10(15(18)19)13-11(14)12/h6,9,16H,2-5,7H2,1H3. The predicted molar refractivity (Wildman–Crippen MR) is 70.3 cm³/mol. The fourth-order valence-electron chi connectivity index (χ4n) is 1.70. The van der Waals surface area contributed by atoms with Gasteiger partial charge in [0.2, 0.25) is 0 Å². The molecule has 0 aliphatic carbocycles. The highest BCUT2D eigenvalue weighted by Crippen LogP contribution is 2.18. The molecule has 20 heavy (non-hydrogen) atoms. The molecule has 0 spiro atoms. The molecule has 0 aliphatic heterocycles. The maximum absolute atomic E-state index is 10.6. The van der Waals surface area contributed by atoms with Crippen molar-refractivity contribution in [3.63, 3.8) is 0 Å². The molecule has 112 valence electrons. The molecule has 0 saturated carbocycles. The number of carbonyl (C=O) groups is 1. The van der Waals surface area contributed by atoms with Crippen LogP contribution in [0.4, 0.5) is 5.82 Å². The number of hydrogen-bond donors (Lipinski definition) is 1. The largest absolute Gasteiger partial charge is 0.466 e. The van der Waals surface area contributed by atoms with E-state index in [-0.39, 0.29) is 36.2 Å². The summed E-state index contributed by atoms with van der Waals surface area (Å²) in [5, 5.41) is 19.9. The molecule has 0 bridgehead atoms. The average molecular weight is 306 g/mol. The van der Waals surface area contributed by atoms with Crippen LogP contribution in [0.5, 0.6) is 0 Å². The summed E-state index contributed by atoms with van der Waals surface area (Å²) in [7, 11) is 0. The van der Waals surface area contributed by atoms with E-state index in [1.165, 1.54) is 17.7 Å². The van der Waals surface area contributed by atoms with Gasteiger partial charge in [-0.3, -0.25) is 9.36 Å². The molecule has 1 rings (SSSR count). The van der Waals surface area contributed by atoms with Crippen LogP contribution < -0.4 is 0 Å². The third-order valence-corrected chi connectivity index (χ3v) is 2.98. The number of esters is 1. The van der Waals surface area contributed by atoms with E-state index in [9.17, 15) is 20.0 Å². The maximum atomic E-state index is 10.6. The Kier molecular flexibility index (Phi) is 6.40. The molecule has 0 fully saturated rings.